The number of carbonyl (C=O) groups excluding carboxylic acids is 3. The lowest BCUT2D eigenvalue weighted by molar-refractivity contribution is -0.132. The second kappa shape index (κ2) is 9.14. The molecule has 1 aromatic carbocycles. The van der Waals surface area contributed by atoms with Crippen molar-refractivity contribution in [3.8, 4) is 0 Å². The molecule has 0 atom stereocenters. The van der Waals surface area contributed by atoms with Crippen LogP contribution in [-0.4, -0.2) is 48.8 Å². The molecule has 0 saturated carbocycles. The maximum Gasteiger partial charge on any atom is 0.261 e. The quantitative estimate of drug-likeness (QED) is 0.800. The van der Waals surface area contributed by atoms with Gasteiger partial charge in [0, 0.05) is 13.1 Å². The minimum absolute atomic E-state index is 0.0672. The molecule has 0 spiro atoms. The molecule has 1 aromatic heterocycles. The van der Waals surface area contributed by atoms with Crippen LogP contribution in [0, 0.1) is 0 Å². The molecule has 0 saturated heterocycles. The van der Waals surface area contributed by atoms with Gasteiger partial charge in [-0.15, -0.1) is 11.3 Å². The summed E-state index contributed by atoms with van der Waals surface area (Å²) < 4.78 is 0. The Morgan fingerprint density at radius 2 is 1.81 bits per heavy atom. The summed E-state index contributed by atoms with van der Waals surface area (Å²) in [6.07, 6.45) is 2.85. The van der Waals surface area contributed by atoms with Crippen molar-refractivity contribution in [2.24, 2.45) is 0 Å². The van der Waals surface area contributed by atoms with Crippen LogP contribution in [0.25, 0.3) is 5.57 Å². The SMILES string of the molecule is O=C(CNC(=O)c1cccs1)NCC(=O)N1CC=C(c2ccccc2)CC1. The maximum absolute atomic E-state index is 12.3. The number of nitrogens with one attached hydrogen (secondary N) is 2. The molecule has 2 aromatic rings. The zero-order valence-corrected chi connectivity index (χ0v) is 15.6. The van der Waals surface area contributed by atoms with Gasteiger partial charge in [-0.25, -0.2) is 0 Å². The van der Waals surface area contributed by atoms with Gasteiger partial charge in [0.05, 0.1) is 18.0 Å². The Balaban J connectivity index is 1.40. The van der Waals surface area contributed by atoms with E-state index < -0.39 is 0 Å². The molecule has 1 aliphatic rings. The molecular weight excluding hydrogens is 362 g/mol. The number of thiophene rings is 1. The van der Waals surface area contributed by atoms with Crippen molar-refractivity contribution in [2.45, 2.75) is 6.42 Å². The number of carbonyl (C=O) groups is 3. The van der Waals surface area contributed by atoms with Crippen molar-refractivity contribution in [3.63, 3.8) is 0 Å². The van der Waals surface area contributed by atoms with Crippen LogP contribution in [0.3, 0.4) is 0 Å². The van der Waals surface area contributed by atoms with Gasteiger partial charge in [-0.3, -0.25) is 14.4 Å². The van der Waals surface area contributed by atoms with Gasteiger partial charge in [-0.1, -0.05) is 42.5 Å². The molecule has 2 N–H and O–H groups in total. The highest BCUT2D eigenvalue weighted by Crippen LogP contribution is 2.21. The van der Waals surface area contributed by atoms with E-state index in [2.05, 4.69) is 28.8 Å². The van der Waals surface area contributed by atoms with Crippen LogP contribution >= 0.6 is 11.3 Å². The fourth-order valence-electron chi connectivity index (χ4n) is 2.81. The van der Waals surface area contributed by atoms with Crippen LogP contribution in [0.15, 0.2) is 53.9 Å². The first-order valence-electron chi connectivity index (χ1n) is 8.74. The Morgan fingerprint density at radius 1 is 1.00 bits per heavy atom. The molecule has 0 unspecified atom stereocenters. The third kappa shape index (κ3) is 5.27. The molecule has 0 aliphatic carbocycles. The Labute approximate surface area is 161 Å². The van der Waals surface area contributed by atoms with E-state index in [4.69, 9.17) is 0 Å². The highest BCUT2D eigenvalue weighted by molar-refractivity contribution is 7.12. The van der Waals surface area contributed by atoms with Gasteiger partial charge < -0.3 is 15.5 Å². The van der Waals surface area contributed by atoms with Crippen molar-refractivity contribution in [1.29, 1.82) is 0 Å². The molecule has 0 bridgehead atoms. The van der Waals surface area contributed by atoms with Crippen LogP contribution in [0.5, 0.6) is 0 Å². The first-order valence-corrected chi connectivity index (χ1v) is 9.62. The van der Waals surface area contributed by atoms with Gasteiger partial charge >= 0.3 is 0 Å². The Kier molecular flexibility index (Phi) is 6.38. The lowest BCUT2D eigenvalue weighted by Gasteiger charge is -2.26. The summed E-state index contributed by atoms with van der Waals surface area (Å²) in [4.78, 5) is 38.2. The van der Waals surface area contributed by atoms with Crippen LogP contribution < -0.4 is 10.6 Å². The van der Waals surface area contributed by atoms with E-state index in [9.17, 15) is 14.4 Å². The van der Waals surface area contributed by atoms with E-state index in [1.165, 1.54) is 22.5 Å². The largest absolute Gasteiger partial charge is 0.345 e. The maximum atomic E-state index is 12.3. The Bertz CT molecular complexity index is 831. The predicted octanol–water partition coefficient (Wildman–Crippen LogP) is 1.91. The monoisotopic (exact) mass is 383 g/mol. The number of amides is 3. The molecular formula is C20H21N3O3S. The van der Waals surface area contributed by atoms with Gasteiger partial charge in [0.1, 0.15) is 0 Å². The van der Waals surface area contributed by atoms with Crippen molar-refractivity contribution < 1.29 is 14.4 Å². The minimum atomic E-state index is -0.384. The summed E-state index contributed by atoms with van der Waals surface area (Å²) >= 11 is 1.31. The first kappa shape index (κ1) is 18.8. The van der Waals surface area contributed by atoms with Crippen LogP contribution in [0.2, 0.25) is 0 Å². The molecule has 27 heavy (non-hydrogen) atoms. The summed E-state index contributed by atoms with van der Waals surface area (Å²) in [5.74, 6) is -0.803. The number of hydrogen-bond donors (Lipinski definition) is 2. The van der Waals surface area contributed by atoms with Gasteiger partial charge in [0.2, 0.25) is 11.8 Å². The smallest absolute Gasteiger partial charge is 0.261 e. The first-order chi connectivity index (χ1) is 13.1. The molecule has 3 amide bonds. The molecule has 140 valence electrons. The van der Waals surface area contributed by atoms with Crippen LogP contribution in [0.4, 0.5) is 0 Å². The van der Waals surface area contributed by atoms with E-state index in [-0.39, 0.29) is 30.8 Å². The van der Waals surface area contributed by atoms with E-state index in [1.807, 2.05) is 18.2 Å². The second-order valence-electron chi connectivity index (χ2n) is 6.12. The van der Waals surface area contributed by atoms with E-state index in [1.54, 1.807) is 22.4 Å². The third-order valence-electron chi connectivity index (χ3n) is 4.30. The average Bonchev–Trinajstić information content (AvgIpc) is 3.26. The van der Waals surface area contributed by atoms with Gasteiger partial charge in [-0.2, -0.15) is 0 Å². The number of hydrogen-bond acceptors (Lipinski definition) is 4. The zero-order chi connectivity index (χ0) is 19.1. The average molecular weight is 383 g/mol. The topological polar surface area (TPSA) is 78.5 Å². The van der Waals surface area contributed by atoms with Gasteiger partial charge in [0.15, 0.2) is 0 Å². The normalized spacial score (nSPS) is 13.6. The fourth-order valence-corrected chi connectivity index (χ4v) is 3.45. The van der Waals surface area contributed by atoms with E-state index >= 15 is 0 Å². The lowest BCUT2D eigenvalue weighted by Crippen LogP contribution is -2.44. The second-order valence-corrected chi connectivity index (χ2v) is 7.07. The summed E-state index contributed by atoms with van der Waals surface area (Å²) in [6.45, 7) is 0.947. The number of nitrogens with zero attached hydrogens (tertiary/aromatic N) is 1. The van der Waals surface area contributed by atoms with Crippen molar-refractivity contribution in [3.05, 3.63) is 64.4 Å². The summed E-state index contributed by atoms with van der Waals surface area (Å²) in [6, 6.07) is 13.6. The molecule has 7 heteroatoms. The highest BCUT2D eigenvalue weighted by atomic mass is 32.1. The standard InChI is InChI=1S/C20H21N3O3S/c24-18(13-22-20(26)17-7-4-12-27-17)21-14-19(25)23-10-8-16(9-11-23)15-5-2-1-3-6-15/h1-8,12H,9-11,13-14H2,(H,21,24)(H,22,26). The molecule has 0 fully saturated rings. The molecule has 2 heterocycles. The lowest BCUT2D eigenvalue weighted by atomic mass is 9.99. The van der Waals surface area contributed by atoms with Crippen molar-refractivity contribution in [1.82, 2.24) is 15.5 Å². The molecule has 6 nitrogen and oxygen atoms in total. The van der Waals surface area contributed by atoms with Gasteiger partial charge in [0.25, 0.3) is 5.91 Å². The third-order valence-corrected chi connectivity index (χ3v) is 5.17. The van der Waals surface area contributed by atoms with Crippen LogP contribution in [0.1, 0.15) is 21.7 Å². The predicted molar refractivity (Wildman–Crippen MR) is 105 cm³/mol. The van der Waals surface area contributed by atoms with E-state index in [0.717, 1.165) is 6.42 Å². The Hall–Kier alpha value is -2.93. The van der Waals surface area contributed by atoms with E-state index in [0.29, 0.717) is 18.0 Å². The Morgan fingerprint density at radius 3 is 2.48 bits per heavy atom. The zero-order valence-electron chi connectivity index (χ0n) is 14.8. The number of benzene rings is 1. The van der Waals surface area contributed by atoms with Gasteiger partial charge in [-0.05, 0) is 29.0 Å². The summed E-state index contributed by atoms with van der Waals surface area (Å²) in [5.41, 5.74) is 2.42. The molecule has 1 aliphatic heterocycles. The number of rotatable bonds is 6. The molecule has 3 rings (SSSR count). The minimum Gasteiger partial charge on any atom is -0.345 e. The molecule has 0 radical (unpaired) electrons. The summed E-state index contributed by atoms with van der Waals surface area (Å²) in [7, 11) is 0. The highest BCUT2D eigenvalue weighted by Gasteiger charge is 2.18. The van der Waals surface area contributed by atoms with Crippen molar-refractivity contribution >= 4 is 34.6 Å². The van der Waals surface area contributed by atoms with Crippen molar-refractivity contribution in [2.75, 3.05) is 26.2 Å². The van der Waals surface area contributed by atoms with Crippen LogP contribution in [-0.2, 0) is 9.59 Å². The fraction of sp³-hybridized carbons (Fsp3) is 0.250. The summed E-state index contributed by atoms with van der Waals surface area (Å²) in [5, 5.41) is 6.89.